The summed E-state index contributed by atoms with van der Waals surface area (Å²) in [5.41, 5.74) is 8.30. The van der Waals surface area contributed by atoms with Gasteiger partial charge in [0.05, 0.1) is 23.4 Å². The summed E-state index contributed by atoms with van der Waals surface area (Å²) < 4.78 is 5.29. The van der Waals surface area contributed by atoms with Crippen LogP contribution >= 0.6 is 11.3 Å². The van der Waals surface area contributed by atoms with Gasteiger partial charge in [0.2, 0.25) is 0 Å². The van der Waals surface area contributed by atoms with Gasteiger partial charge in [-0.1, -0.05) is 26.0 Å². The van der Waals surface area contributed by atoms with Crippen molar-refractivity contribution in [2.75, 3.05) is 7.11 Å². The Morgan fingerprint density at radius 1 is 1.04 bits per heavy atom. The molecule has 0 unspecified atom stereocenters. The van der Waals surface area contributed by atoms with Gasteiger partial charge in [-0.25, -0.2) is 4.99 Å². The summed E-state index contributed by atoms with van der Waals surface area (Å²) >= 11 is 1.64. The third-order valence-corrected chi connectivity index (χ3v) is 5.44. The van der Waals surface area contributed by atoms with E-state index in [4.69, 9.17) is 14.8 Å². The van der Waals surface area contributed by atoms with Crippen LogP contribution in [-0.2, 0) is 0 Å². The number of fused-ring (bicyclic) bond motifs is 1. The van der Waals surface area contributed by atoms with E-state index in [-0.39, 0.29) is 0 Å². The van der Waals surface area contributed by atoms with Crippen molar-refractivity contribution < 1.29 is 4.74 Å². The van der Waals surface area contributed by atoms with Gasteiger partial charge >= 0.3 is 0 Å². The third-order valence-electron chi connectivity index (χ3n) is 4.57. The lowest BCUT2D eigenvalue weighted by Crippen LogP contribution is -2.18. The predicted molar refractivity (Wildman–Crippen MR) is 113 cm³/mol. The van der Waals surface area contributed by atoms with E-state index < -0.39 is 0 Å². The van der Waals surface area contributed by atoms with E-state index in [0.29, 0.717) is 5.92 Å². The lowest BCUT2D eigenvalue weighted by Gasteiger charge is -2.12. The number of hydrogen-bond donors (Lipinski definition) is 1. The molecule has 0 saturated carbocycles. The third kappa shape index (κ3) is 3.51. The van der Waals surface area contributed by atoms with Crippen LogP contribution in [0.5, 0.6) is 5.75 Å². The van der Waals surface area contributed by atoms with Crippen LogP contribution in [0.1, 0.15) is 41.3 Å². The molecule has 0 saturated heterocycles. The zero-order chi connectivity index (χ0) is 18.8. The molecule has 0 bridgehead atoms. The molecule has 0 radical (unpaired) electrons. The standard InChI is InChI=1S/C22H21N3OS/c1-14(2)16-8-11-19-18(13-16)21(15-6-9-17(26-3)10-7-15)24-25-22(23-19)20-5-4-12-27-20/h4-14H,1-3H3,(H,23,25). The quantitative estimate of drug-likeness (QED) is 0.671. The van der Waals surface area contributed by atoms with Crippen molar-refractivity contribution >= 4 is 28.6 Å². The van der Waals surface area contributed by atoms with Crippen LogP contribution in [0.25, 0.3) is 0 Å². The number of hydrazone groups is 1. The normalized spacial score (nSPS) is 13.3. The van der Waals surface area contributed by atoms with Gasteiger partial charge in [0.25, 0.3) is 0 Å². The molecule has 5 heteroatoms. The molecule has 2 heterocycles. The van der Waals surface area contributed by atoms with Crippen LogP contribution in [0.2, 0.25) is 0 Å². The molecular weight excluding hydrogens is 354 g/mol. The van der Waals surface area contributed by atoms with Crippen LogP contribution < -0.4 is 10.2 Å². The first-order chi connectivity index (χ1) is 13.2. The maximum atomic E-state index is 5.29. The van der Waals surface area contributed by atoms with Crippen molar-refractivity contribution in [3.63, 3.8) is 0 Å². The second kappa shape index (κ2) is 7.37. The molecular formula is C22H21N3OS. The minimum atomic E-state index is 0.435. The number of amidine groups is 1. The Balaban J connectivity index is 1.86. The molecule has 0 spiro atoms. The number of benzene rings is 2. The SMILES string of the molecule is COc1ccc(C2=NNC(c3cccs3)=Nc3ccc(C(C)C)cc32)cc1. The Labute approximate surface area is 163 Å². The monoisotopic (exact) mass is 375 g/mol. The van der Waals surface area contributed by atoms with Crippen LogP contribution in [0.4, 0.5) is 5.69 Å². The zero-order valence-electron chi connectivity index (χ0n) is 15.6. The lowest BCUT2D eigenvalue weighted by atomic mass is 9.95. The molecule has 136 valence electrons. The van der Waals surface area contributed by atoms with Gasteiger partial charge in [-0.05, 0) is 59.3 Å². The van der Waals surface area contributed by atoms with Crippen molar-refractivity contribution in [3.8, 4) is 5.75 Å². The Morgan fingerprint density at radius 2 is 1.85 bits per heavy atom. The predicted octanol–water partition coefficient (Wildman–Crippen LogP) is 5.31. The molecule has 27 heavy (non-hydrogen) atoms. The van der Waals surface area contributed by atoms with E-state index in [1.54, 1.807) is 18.4 Å². The highest BCUT2D eigenvalue weighted by Gasteiger charge is 2.19. The number of methoxy groups -OCH3 is 1. The van der Waals surface area contributed by atoms with Crippen molar-refractivity contribution in [1.82, 2.24) is 5.43 Å². The van der Waals surface area contributed by atoms with Crippen molar-refractivity contribution in [1.29, 1.82) is 0 Å². The Bertz CT molecular complexity index is 1000. The molecule has 0 atom stereocenters. The van der Waals surface area contributed by atoms with E-state index in [1.807, 2.05) is 41.8 Å². The molecule has 2 aromatic carbocycles. The number of aliphatic imine (C=N–C) groups is 1. The summed E-state index contributed by atoms with van der Waals surface area (Å²) in [5.74, 6) is 2.03. The second-order valence-corrected chi connectivity index (χ2v) is 7.62. The number of rotatable bonds is 4. The molecule has 1 aliphatic heterocycles. The van der Waals surface area contributed by atoms with E-state index in [0.717, 1.165) is 39.0 Å². The average Bonchev–Trinajstić information content (AvgIpc) is 3.16. The maximum absolute atomic E-state index is 5.29. The number of hydrogen-bond acceptors (Lipinski definition) is 5. The number of nitrogens with zero attached hydrogens (tertiary/aromatic N) is 2. The first-order valence-electron chi connectivity index (χ1n) is 8.90. The van der Waals surface area contributed by atoms with Crippen molar-refractivity contribution in [3.05, 3.63) is 81.5 Å². The van der Waals surface area contributed by atoms with Gasteiger partial charge in [0.15, 0.2) is 5.84 Å². The van der Waals surface area contributed by atoms with Gasteiger partial charge in [0, 0.05) is 11.1 Å². The average molecular weight is 375 g/mol. The summed E-state index contributed by atoms with van der Waals surface area (Å²) in [6, 6.07) is 18.5. The largest absolute Gasteiger partial charge is 0.497 e. The Kier molecular flexibility index (Phi) is 4.77. The highest BCUT2D eigenvalue weighted by Crippen LogP contribution is 2.30. The highest BCUT2D eigenvalue weighted by molar-refractivity contribution is 7.12. The van der Waals surface area contributed by atoms with E-state index >= 15 is 0 Å². The lowest BCUT2D eigenvalue weighted by molar-refractivity contribution is 0.415. The van der Waals surface area contributed by atoms with E-state index in [1.165, 1.54) is 5.56 Å². The maximum Gasteiger partial charge on any atom is 0.164 e. The van der Waals surface area contributed by atoms with Crippen molar-refractivity contribution in [2.45, 2.75) is 19.8 Å². The highest BCUT2D eigenvalue weighted by atomic mass is 32.1. The van der Waals surface area contributed by atoms with Crippen LogP contribution in [0.15, 0.2) is 70.1 Å². The minimum absolute atomic E-state index is 0.435. The van der Waals surface area contributed by atoms with Crippen molar-refractivity contribution in [2.24, 2.45) is 10.1 Å². The van der Waals surface area contributed by atoms with Crippen LogP contribution in [0.3, 0.4) is 0 Å². The summed E-state index contributed by atoms with van der Waals surface area (Å²) in [4.78, 5) is 5.93. The van der Waals surface area contributed by atoms with Crippen LogP contribution in [0, 0.1) is 0 Å². The van der Waals surface area contributed by atoms with Gasteiger partial charge in [0.1, 0.15) is 5.75 Å². The Morgan fingerprint density at radius 3 is 2.52 bits per heavy atom. The molecule has 4 nitrogen and oxygen atoms in total. The molecule has 1 N–H and O–H groups in total. The Hall–Kier alpha value is -2.92. The fraction of sp³-hybridized carbons (Fsp3) is 0.182. The van der Waals surface area contributed by atoms with E-state index in [2.05, 4.69) is 37.5 Å². The van der Waals surface area contributed by atoms with Gasteiger partial charge < -0.3 is 4.74 Å². The molecule has 1 aliphatic rings. The second-order valence-electron chi connectivity index (χ2n) is 6.67. The summed E-state index contributed by atoms with van der Waals surface area (Å²) in [5, 5.41) is 6.77. The van der Waals surface area contributed by atoms with E-state index in [9.17, 15) is 0 Å². The smallest absolute Gasteiger partial charge is 0.164 e. The number of thiophene rings is 1. The molecule has 0 fully saturated rings. The summed E-state index contributed by atoms with van der Waals surface area (Å²) in [6.07, 6.45) is 0. The molecule has 4 rings (SSSR count). The molecule has 3 aromatic rings. The van der Waals surface area contributed by atoms with Crippen LogP contribution in [-0.4, -0.2) is 18.7 Å². The molecule has 0 aliphatic carbocycles. The molecule has 0 amide bonds. The fourth-order valence-corrected chi connectivity index (χ4v) is 3.67. The summed E-state index contributed by atoms with van der Waals surface area (Å²) in [6.45, 7) is 4.39. The van der Waals surface area contributed by atoms with Gasteiger partial charge in [-0.2, -0.15) is 5.10 Å². The topological polar surface area (TPSA) is 46.0 Å². The van der Waals surface area contributed by atoms with Gasteiger partial charge in [-0.3, -0.25) is 5.43 Å². The van der Waals surface area contributed by atoms with Gasteiger partial charge in [-0.15, -0.1) is 11.3 Å². The number of ether oxygens (including phenoxy) is 1. The fourth-order valence-electron chi connectivity index (χ4n) is 3.01. The minimum Gasteiger partial charge on any atom is -0.497 e. The first kappa shape index (κ1) is 17.5. The number of nitrogens with one attached hydrogen (secondary N) is 1. The first-order valence-corrected chi connectivity index (χ1v) is 9.78. The zero-order valence-corrected chi connectivity index (χ0v) is 16.4. The summed E-state index contributed by atoms with van der Waals surface area (Å²) in [7, 11) is 1.67. The molecule has 1 aromatic heterocycles.